The number of fused-ring (bicyclic) bond motifs is 1. The molecule has 0 radical (unpaired) electrons. The molecule has 1 fully saturated rings. The second-order valence-electron chi connectivity index (χ2n) is 10.6. The van der Waals surface area contributed by atoms with Crippen molar-refractivity contribution in [2.24, 2.45) is 0 Å². The molecule has 3 aromatic carbocycles. The molecule has 1 aromatic heterocycles. The summed E-state index contributed by atoms with van der Waals surface area (Å²) in [6.45, 7) is 9.11. The lowest BCUT2D eigenvalue weighted by atomic mass is 9.85. The monoisotopic (exact) mass is 508 g/mol. The predicted molar refractivity (Wildman–Crippen MR) is 149 cm³/mol. The molecule has 4 aromatic rings. The largest absolute Gasteiger partial charge is 0.507 e. The lowest BCUT2D eigenvalue weighted by Crippen LogP contribution is -2.29. The number of carbonyl (C=O) groups excluding carboxylic acids is 2. The third-order valence-corrected chi connectivity index (χ3v) is 7.06. The van der Waals surface area contributed by atoms with E-state index in [4.69, 9.17) is 4.74 Å². The highest BCUT2D eigenvalue weighted by atomic mass is 16.5. The minimum Gasteiger partial charge on any atom is -0.507 e. The predicted octanol–water partition coefficient (Wildman–Crippen LogP) is 6.49. The average Bonchev–Trinajstić information content (AvgIpc) is 3.44. The molecule has 0 bridgehead atoms. The van der Waals surface area contributed by atoms with E-state index in [2.05, 4.69) is 25.8 Å². The second kappa shape index (κ2) is 9.86. The Bertz CT molecular complexity index is 1520. The Balaban J connectivity index is 1.62. The summed E-state index contributed by atoms with van der Waals surface area (Å²) in [5, 5.41) is 12.3. The molecule has 194 valence electrons. The molecule has 6 nitrogen and oxygen atoms in total. The fourth-order valence-electron chi connectivity index (χ4n) is 5.02. The van der Waals surface area contributed by atoms with Gasteiger partial charge < -0.3 is 19.7 Å². The van der Waals surface area contributed by atoms with Crippen molar-refractivity contribution in [3.05, 3.63) is 107 Å². The number of nitrogens with one attached hydrogen (secondary N) is 1. The van der Waals surface area contributed by atoms with Crippen LogP contribution < -0.4 is 4.74 Å². The number of amides is 1. The topological polar surface area (TPSA) is 82.6 Å². The molecular formula is C32H32N2O4. The molecule has 5 rings (SSSR count). The van der Waals surface area contributed by atoms with Gasteiger partial charge in [0.05, 0.1) is 18.2 Å². The number of aliphatic hydroxyl groups is 1. The highest BCUT2D eigenvalue weighted by Crippen LogP contribution is 2.42. The third kappa shape index (κ3) is 4.58. The molecule has 1 amide bonds. The Labute approximate surface area is 222 Å². The van der Waals surface area contributed by atoms with Gasteiger partial charge in [0.2, 0.25) is 0 Å². The van der Waals surface area contributed by atoms with E-state index in [-0.39, 0.29) is 23.3 Å². The van der Waals surface area contributed by atoms with Gasteiger partial charge in [-0.3, -0.25) is 9.59 Å². The quantitative estimate of drug-likeness (QED) is 0.177. The number of carbonyl (C=O) groups is 2. The Morgan fingerprint density at radius 3 is 2.32 bits per heavy atom. The van der Waals surface area contributed by atoms with E-state index in [0.29, 0.717) is 12.2 Å². The van der Waals surface area contributed by atoms with Gasteiger partial charge in [0.1, 0.15) is 11.5 Å². The van der Waals surface area contributed by atoms with Crippen molar-refractivity contribution in [2.45, 2.75) is 45.7 Å². The fraction of sp³-hybridized carbons (Fsp3) is 0.250. The first-order valence-electron chi connectivity index (χ1n) is 12.9. The van der Waals surface area contributed by atoms with Gasteiger partial charge in [0.25, 0.3) is 11.7 Å². The van der Waals surface area contributed by atoms with Crippen molar-refractivity contribution in [3.63, 3.8) is 0 Å². The lowest BCUT2D eigenvalue weighted by molar-refractivity contribution is -0.140. The van der Waals surface area contributed by atoms with Gasteiger partial charge in [-0.25, -0.2) is 0 Å². The summed E-state index contributed by atoms with van der Waals surface area (Å²) < 4.78 is 5.54. The van der Waals surface area contributed by atoms with E-state index < -0.39 is 17.7 Å². The standard InChI is InChI=1S/C32H32N2O4/c1-5-38-23-16-10-20(11-17-23)19-34-28(21-12-14-22(15-13-21)32(2,3)4)27(30(36)31(34)37)29(35)25-18-33-26-9-7-6-8-24(25)26/h6-18,28,33,35H,5,19H2,1-4H3/b29-27-. The molecule has 1 saturated heterocycles. The normalized spacial score (nSPS) is 17.4. The summed E-state index contributed by atoms with van der Waals surface area (Å²) in [5.41, 5.74) is 4.14. The van der Waals surface area contributed by atoms with Crippen molar-refractivity contribution in [2.75, 3.05) is 6.61 Å². The number of rotatable bonds is 6. The van der Waals surface area contributed by atoms with Crippen LogP contribution in [-0.4, -0.2) is 33.3 Å². The van der Waals surface area contributed by atoms with Crippen LogP contribution in [0, 0.1) is 0 Å². The number of likely N-dealkylation sites (tertiary alicyclic amines) is 1. The van der Waals surface area contributed by atoms with Gasteiger partial charge in [-0.05, 0) is 47.2 Å². The maximum absolute atomic E-state index is 13.5. The van der Waals surface area contributed by atoms with Crippen LogP contribution >= 0.6 is 0 Å². The van der Waals surface area contributed by atoms with E-state index in [9.17, 15) is 14.7 Å². The maximum Gasteiger partial charge on any atom is 0.295 e. The molecule has 0 spiro atoms. The van der Waals surface area contributed by atoms with Crippen LogP contribution in [0.5, 0.6) is 5.75 Å². The number of aromatic amines is 1. The van der Waals surface area contributed by atoms with Gasteiger partial charge >= 0.3 is 0 Å². The number of ether oxygens (including phenoxy) is 1. The second-order valence-corrected chi connectivity index (χ2v) is 10.6. The summed E-state index contributed by atoms with van der Waals surface area (Å²) in [5.74, 6) is -0.763. The minimum absolute atomic E-state index is 0.0489. The van der Waals surface area contributed by atoms with Crippen molar-refractivity contribution < 1.29 is 19.4 Å². The molecule has 0 aliphatic carbocycles. The van der Waals surface area contributed by atoms with Crippen LogP contribution in [0.4, 0.5) is 0 Å². The minimum atomic E-state index is -0.732. The van der Waals surface area contributed by atoms with Gasteiger partial charge in [-0.2, -0.15) is 0 Å². The summed E-state index contributed by atoms with van der Waals surface area (Å²) in [6.07, 6.45) is 1.68. The number of Topliss-reactive ketones (excluding diaryl/α,β-unsaturated/α-hetero) is 1. The molecule has 0 saturated carbocycles. The summed E-state index contributed by atoms with van der Waals surface area (Å²) in [7, 11) is 0. The molecule has 1 unspecified atom stereocenters. The van der Waals surface area contributed by atoms with Crippen LogP contribution in [0.15, 0.2) is 84.6 Å². The van der Waals surface area contributed by atoms with Gasteiger partial charge in [0, 0.05) is 29.2 Å². The first-order valence-corrected chi connectivity index (χ1v) is 12.9. The van der Waals surface area contributed by atoms with Crippen molar-refractivity contribution >= 4 is 28.4 Å². The Morgan fingerprint density at radius 1 is 0.974 bits per heavy atom. The Morgan fingerprint density at radius 2 is 1.66 bits per heavy atom. The maximum atomic E-state index is 13.5. The summed E-state index contributed by atoms with van der Waals surface area (Å²) in [6, 6.07) is 22.3. The summed E-state index contributed by atoms with van der Waals surface area (Å²) >= 11 is 0. The smallest absolute Gasteiger partial charge is 0.295 e. The number of H-pyrrole nitrogens is 1. The average molecular weight is 509 g/mol. The van der Waals surface area contributed by atoms with Crippen LogP contribution in [0.2, 0.25) is 0 Å². The highest BCUT2D eigenvalue weighted by molar-refractivity contribution is 6.46. The molecule has 1 aliphatic heterocycles. The van der Waals surface area contributed by atoms with E-state index in [1.165, 1.54) is 0 Å². The molecule has 2 N–H and O–H groups in total. The van der Waals surface area contributed by atoms with Gasteiger partial charge in [-0.1, -0.05) is 75.4 Å². The van der Waals surface area contributed by atoms with Gasteiger partial charge in [-0.15, -0.1) is 0 Å². The Hall–Kier alpha value is -4.32. The molecule has 38 heavy (non-hydrogen) atoms. The highest BCUT2D eigenvalue weighted by Gasteiger charge is 2.46. The SMILES string of the molecule is CCOc1ccc(CN2C(=O)C(=O)/C(=C(\O)c3c[nH]c4ccccc34)C2c2ccc(C(C)(C)C)cc2)cc1. The van der Waals surface area contributed by atoms with Crippen LogP contribution in [0.3, 0.4) is 0 Å². The molecule has 2 heterocycles. The van der Waals surface area contributed by atoms with E-state index in [1.54, 1.807) is 11.1 Å². The fourth-order valence-corrected chi connectivity index (χ4v) is 5.02. The molecule has 1 aliphatic rings. The number of ketones is 1. The number of para-hydroxylation sites is 1. The number of benzene rings is 3. The Kier molecular flexibility index (Phi) is 6.57. The number of aromatic nitrogens is 1. The number of hydrogen-bond acceptors (Lipinski definition) is 4. The number of nitrogens with zero attached hydrogens (tertiary/aromatic N) is 1. The lowest BCUT2D eigenvalue weighted by Gasteiger charge is -2.26. The molecule has 6 heteroatoms. The van der Waals surface area contributed by atoms with Crippen LogP contribution in [0.1, 0.15) is 56.0 Å². The van der Waals surface area contributed by atoms with Crippen LogP contribution in [0.25, 0.3) is 16.7 Å². The van der Waals surface area contributed by atoms with Gasteiger partial charge in [0.15, 0.2) is 0 Å². The van der Waals surface area contributed by atoms with Crippen molar-refractivity contribution in [1.82, 2.24) is 9.88 Å². The van der Waals surface area contributed by atoms with Crippen molar-refractivity contribution in [1.29, 1.82) is 0 Å². The zero-order chi connectivity index (χ0) is 27.0. The first kappa shape index (κ1) is 25.3. The molecular weight excluding hydrogens is 476 g/mol. The zero-order valence-electron chi connectivity index (χ0n) is 22.1. The van der Waals surface area contributed by atoms with E-state index in [1.807, 2.05) is 79.7 Å². The third-order valence-electron chi connectivity index (χ3n) is 7.06. The van der Waals surface area contributed by atoms with E-state index in [0.717, 1.165) is 33.3 Å². The van der Waals surface area contributed by atoms with E-state index >= 15 is 0 Å². The van der Waals surface area contributed by atoms with Crippen molar-refractivity contribution in [3.8, 4) is 5.75 Å². The van der Waals surface area contributed by atoms with Crippen LogP contribution in [-0.2, 0) is 21.5 Å². The number of hydrogen-bond donors (Lipinski definition) is 2. The number of aliphatic hydroxyl groups excluding tert-OH is 1. The first-order chi connectivity index (χ1) is 18.2. The summed E-state index contributed by atoms with van der Waals surface area (Å²) in [4.78, 5) is 31.6. The zero-order valence-corrected chi connectivity index (χ0v) is 22.1. The molecule has 1 atom stereocenters.